The van der Waals surface area contributed by atoms with Gasteiger partial charge in [0.25, 0.3) is 11.6 Å². The first-order chi connectivity index (χ1) is 11.5. The summed E-state index contributed by atoms with van der Waals surface area (Å²) in [5.74, 6) is -0.402. The van der Waals surface area contributed by atoms with Gasteiger partial charge < -0.3 is 4.57 Å². The van der Waals surface area contributed by atoms with Crippen molar-refractivity contribution in [2.24, 2.45) is 4.99 Å². The fraction of sp³-hybridized carbons (Fsp3) is 0.125. The molecule has 24 heavy (non-hydrogen) atoms. The van der Waals surface area contributed by atoms with Crippen LogP contribution in [0.15, 0.2) is 47.5 Å². The molecule has 0 spiro atoms. The summed E-state index contributed by atoms with van der Waals surface area (Å²) in [6.45, 7) is 2.52. The Bertz CT molecular complexity index is 1020. The topological polar surface area (TPSA) is 77.5 Å². The van der Waals surface area contributed by atoms with Gasteiger partial charge in [0.2, 0.25) is 0 Å². The number of carbonyl (C=O) groups is 1. The highest BCUT2D eigenvalue weighted by Crippen LogP contribution is 2.23. The van der Waals surface area contributed by atoms with Crippen molar-refractivity contribution in [3.63, 3.8) is 0 Å². The van der Waals surface area contributed by atoms with Crippen LogP contribution in [0.25, 0.3) is 10.2 Å². The Balaban J connectivity index is 2.14. The Labute approximate surface area is 145 Å². The molecule has 1 aromatic heterocycles. The average Bonchev–Trinajstić information content (AvgIpc) is 2.90. The molecule has 122 valence electrons. The van der Waals surface area contributed by atoms with Crippen molar-refractivity contribution >= 4 is 44.7 Å². The number of aryl methyl sites for hydroxylation is 1. The zero-order chi connectivity index (χ0) is 17.3. The number of hydrogen-bond donors (Lipinski definition) is 0. The molecule has 1 heterocycles. The lowest BCUT2D eigenvalue weighted by Gasteiger charge is -2.00. The minimum Gasteiger partial charge on any atom is -0.317 e. The molecule has 0 N–H and O–H groups in total. The highest BCUT2D eigenvalue weighted by Gasteiger charge is 2.12. The van der Waals surface area contributed by atoms with Gasteiger partial charge in [-0.25, -0.2) is 0 Å². The molecule has 0 aliphatic carbocycles. The van der Waals surface area contributed by atoms with Gasteiger partial charge >= 0.3 is 0 Å². The quantitative estimate of drug-likeness (QED) is 0.522. The number of fused-ring (bicyclic) bond motifs is 1. The van der Waals surface area contributed by atoms with Crippen molar-refractivity contribution in [2.45, 2.75) is 13.5 Å². The van der Waals surface area contributed by atoms with Crippen LogP contribution in [0.2, 0.25) is 5.02 Å². The van der Waals surface area contributed by atoms with Crippen LogP contribution in [0.4, 0.5) is 5.69 Å². The number of non-ortho nitro benzene ring substituents is 1. The van der Waals surface area contributed by atoms with Crippen LogP contribution >= 0.6 is 22.9 Å². The minimum atomic E-state index is -0.441. The Hall–Kier alpha value is -2.51. The first kappa shape index (κ1) is 16.4. The average molecular weight is 362 g/mol. The molecule has 3 aromatic rings. The summed E-state index contributed by atoms with van der Waals surface area (Å²) >= 11 is 7.15. The van der Waals surface area contributed by atoms with E-state index in [1.54, 1.807) is 30.3 Å². The van der Waals surface area contributed by atoms with Gasteiger partial charge in [0.15, 0.2) is 4.80 Å². The first-order valence-electron chi connectivity index (χ1n) is 7.12. The van der Waals surface area contributed by atoms with E-state index in [9.17, 15) is 14.9 Å². The van der Waals surface area contributed by atoms with Gasteiger partial charge in [0.1, 0.15) is 0 Å². The molecule has 0 saturated carbocycles. The molecule has 0 aliphatic heterocycles. The van der Waals surface area contributed by atoms with Crippen LogP contribution in [0.1, 0.15) is 17.3 Å². The van der Waals surface area contributed by atoms with Crippen LogP contribution in [0.3, 0.4) is 0 Å². The van der Waals surface area contributed by atoms with Gasteiger partial charge in [0.05, 0.1) is 15.1 Å². The molecular formula is C16H12ClN3O3S. The zero-order valence-electron chi connectivity index (χ0n) is 12.6. The van der Waals surface area contributed by atoms with Crippen molar-refractivity contribution in [1.82, 2.24) is 4.57 Å². The van der Waals surface area contributed by atoms with E-state index >= 15 is 0 Å². The molecule has 3 rings (SSSR count). The maximum absolute atomic E-state index is 12.3. The van der Waals surface area contributed by atoms with Crippen molar-refractivity contribution in [3.05, 3.63) is 68.0 Å². The lowest BCUT2D eigenvalue weighted by molar-refractivity contribution is -0.384. The summed E-state index contributed by atoms with van der Waals surface area (Å²) in [6, 6.07) is 11.2. The van der Waals surface area contributed by atoms with Crippen LogP contribution in [-0.4, -0.2) is 15.4 Å². The van der Waals surface area contributed by atoms with Crippen molar-refractivity contribution in [2.75, 3.05) is 0 Å². The van der Waals surface area contributed by atoms with Crippen molar-refractivity contribution < 1.29 is 9.72 Å². The number of nitrogens with zero attached hydrogens (tertiary/aromatic N) is 3. The minimum absolute atomic E-state index is 0.0136. The first-order valence-corrected chi connectivity index (χ1v) is 8.31. The van der Waals surface area contributed by atoms with E-state index in [2.05, 4.69) is 4.99 Å². The number of nitro benzene ring substituents is 1. The largest absolute Gasteiger partial charge is 0.317 e. The summed E-state index contributed by atoms with van der Waals surface area (Å²) in [7, 11) is 0. The number of thiazole rings is 1. The maximum Gasteiger partial charge on any atom is 0.279 e. The molecule has 6 nitrogen and oxygen atoms in total. The number of benzene rings is 2. The number of hydrogen-bond acceptors (Lipinski definition) is 4. The Morgan fingerprint density at radius 1 is 1.33 bits per heavy atom. The molecular weight excluding hydrogens is 350 g/mol. The molecule has 0 radical (unpaired) electrons. The molecule has 0 aliphatic rings. The fourth-order valence-corrected chi connectivity index (χ4v) is 3.65. The lowest BCUT2D eigenvalue weighted by Crippen LogP contribution is -2.15. The summed E-state index contributed by atoms with van der Waals surface area (Å²) in [5, 5.41) is 11.4. The molecule has 0 bridgehead atoms. The zero-order valence-corrected chi connectivity index (χ0v) is 14.2. The highest BCUT2D eigenvalue weighted by molar-refractivity contribution is 7.16. The van der Waals surface area contributed by atoms with Gasteiger partial charge in [-0.2, -0.15) is 4.99 Å². The second-order valence-electron chi connectivity index (χ2n) is 4.97. The van der Waals surface area contributed by atoms with Gasteiger partial charge in [-0.15, -0.1) is 0 Å². The van der Waals surface area contributed by atoms with Crippen LogP contribution < -0.4 is 4.80 Å². The van der Waals surface area contributed by atoms with E-state index in [0.29, 0.717) is 26.6 Å². The Morgan fingerprint density at radius 3 is 2.79 bits per heavy atom. The summed E-state index contributed by atoms with van der Waals surface area (Å²) < 4.78 is 2.57. The number of aromatic nitrogens is 1. The van der Waals surface area contributed by atoms with E-state index in [-0.39, 0.29) is 5.69 Å². The molecule has 0 unspecified atom stereocenters. The van der Waals surface area contributed by atoms with Crippen LogP contribution in [0, 0.1) is 10.1 Å². The third-order valence-electron chi connectivity index (χ3n) is 3.46. The van der Waals surface area contributed by atoms with Gasteiger partial charge in [0, 0.05) is 29.3 Å². The van der Waals surface area contributed by atoms with E-state index < -0.39 is 10.8 Å². The monoisotopic (exact) mass is 361 g/mol. The van der Waals surface area contributed by atoms with Crippen LogP contribution in [0.5, 0.6) is 0 Å². The predicted molar refractivity (Wildman–Crippen MR) is 93.5 cm³/mol. The summed E-state index contributed by atoms with van der Waals surface area (Å²) in [4.78, 5) is 27.5. The van der Waals surface area contributed by atoms with Crippen molar-refractivity contribution in [1.29, 1.82) is 0 Å². The number of nitro groups is 1. The molecule has 0 fully saturated rings. The third-order valence-corrected chi connectivity index (χ3v) is 4.74. The van der Waals surface area contributed by atoms with E-state index in [4.69, 9.17) is 11.6 Å². The third kappa shape index (κ3) is 3.08. The number of carbonyl (C=O) groups excluding carboxylic acids is 1. The maximum atomic E-state index is 12.3. The van der Waals surface area contributed by atoms with Gasteiger partial charge in [-0.05, 0) is 31.2 Å². The summed E-state index contributed by atoms with van der Waals surface area (Å²) in [6.07, 6.45) is 0. The van der Waals surface area contributed by atoms with E-state index in [1.807, 2.05) is 11.5 Å². The van der Waals surface area contributed by atoms with E-state index in [0.717, 1.165) is 5.52 Å². The highest BCUT2D eigenvalue weighted by atomic mass is 35.5. The Morgan fingerprint density at radius 2 is 2.12 bits per heavy atom. The van der Waals surface area contributed by atoms with Gasteiger partial charge in [-0.3, -0.25) is 14.9 Å². The smallest absolute Gasteiger partial charge is 0.279 e. The van der Waals surface area contributed by atoms with Crippen molar-refractivity contribution in [3.8, 4) is 0 Å². The molecule has 1 amide bonds. The van der Waals surface area contributed by atoms with Crippen LogP contribution in [-0.2, 0) is 6.54 Å². The number of rotatable bonds is 3. The standard InChI is InChI=1S/C16H12ClN3O3S/c1-2-19-13-7-6-12(20(22)23)9-14(13)24-16(19)18-15(21)10-4-3-5-11(17)8-10/h3-9H,2H2,1H3. The molecule has 2 aromatic carbocycles. The normalized spacial score (nSPS) is 11.8. The lowest BCUT2D eigenvalue weighted by atomic mass is 10.2. The Kier molecular flexibility index (Phi) is 4.46. The molecule has 8 heteroatoms. The predicted octanol–water partition coefficient (Wildman–Crippen LogP) is 4.03. The van der Waals surface area contributed by atoms with Gasteiger partial charge in [-0.1, -0.05) is 29.0 Å². The van der Waals surface area contributed by atoms with E-state index in [1.165, 1.54) is 23.5 Å². The number of halogens is 1. The molecule has 0 atom stereocenters. The summed E-state index contributed by atoms with van der Waals surface area (Å²) in [5.41, 5.74) is 1.22. The second kappa shape index (κ2) is 6.54. The second-order valence-corrected chi connectivity index (χ2v) is 6.41. The fourth-order valence-electron chi connectivity index (χ4n) is 2.34. The number of amides is 1. The molecule has 0 saturated heterocycles. The SMILES string of the molecule is CCn1c(=NC(=O)c2cccc(Cl)c2)sc2cc([N+](=O)[O-])ccc21.